The Labute approximate surface area is 52.3 Å². The predicted molar refractivity (Wildman–Crippen MR) is 34.2 cm³/mol. The third-order valence-corrected chi connectivity index (χ3v) is 1.00. The molecule has 0 saturated heterocycles. The Hall–Kier alpha value is -1.45. The van der Waals surface area contributed by atoms with Gasteiger partial charge in [0.05, 0.1) is 0 Å². The van der Waals surface area contributed by atoms with E-state index in [2.05, 4.69) is 0 Å². The Balaban J connectivity index is 3.25. The lowest BCUT2D eigenvalue weighted by Gasteiger charge is -2.07. The van der Waals surface area contributed by atoms with Gasteiger partial charge in [-0.25, -0.2) is 4.73 Å². The summed E-state index contributed by atoms with van der Waals surface area (Å²) < 4.78 is 0.472. The Kier molecular flexibility index (Phi) is 1.14. The summed E-state index contributed by atoms with van der Waals surface area (Å²) in [5.74, 6) is 0.241. The summed E-state index contributed by atoms with van der Waals surface area (Å²) in [6.45, 7) is 0. The molecule has 4 N–H and O–H groups in total. The molecule has 0 atom stereocenters. The van der Waals surface area contributed by atoms with Crippen LogP contribution in [0, 0.1) is 5.21 Å². The van der Waals surface area contributed by atoms with Gasteiger partial charge in [0, 0.05) is 12.1 Å². The van der Waals surface area contributed by atoms with Crippen LogP contribution in [0.3, 0.4) is 0 Å². The average molecular weight is 125 g/mol. The van der Waals surface area contributed by atoms with Crippen LogP contribution >= 0.6 is 0 Å². The predicted octanol–water partition coefficient (Wildman–Crippen LogP) is -0.516. The molecule has 1 rings (SSSR count). The first-order chi connectivity index (χ1) is 4.22. The van der Waals surface area contributed by atoms with E-state index < -0.39 is 0 Å². The number of nitrogen functional groups attached to an aromatic ring is 2. The van der Waals surface area contributed by atoms with Gasteiger partial charge in [0.15, 0.2) is 0 Å². The molecule has 0 saturated carbocycles. The summed E-state index contributed by atoms with van der Waals surface area (Å²) in [4.78, 5) is 0. The van der Waals surface area contributed by atoms with E-state index in [-0.39, 0.29) is 11.6 Å². The maximum Gasteiger partial charge on any atom is 0.219 e. The van der Waals surface area contributed by atoms with Crippen molar-refractivity contribution in [1.29, 1.82) is 0 Å². The van der Waals surface area contributed by atoms with Crippen molar-refractivity contribution >= 4 is 11.6 Å². The minimum Gasteiger partial charge on any atom is -0.740 e. The molecule has 0 unspecified atom stereocenters. The summed E-state index contributed by atoms with van der Waals surface area (Å²) in [6.07, 6.45) is 0. The Bertz CT molecular complexity index is 203. The third kappa shape index (κ3) is 0.861. The zero-order valence-electron chi connectivity index (χ0n) is 4.74. The van der Waals surface area contributed by atoms with Crippen molar-refractivity contribution in [3.8, 4) is 0 Å². The first kappa shape index (κ1) is 5.68. The van der Waals surface area contributed by atoms with E-state index in [4.69, 9.17) is 11.5 Å². The molecule has 0 spiro atoms. The van der Waals surface area contributed by atoms with E-state index in [9.17, 15) is 5.21 Å². The van der Waals surface area contributed by atoms with Crippen LogP contribution in [0.4, 0.5) is 11.6 Å². The largest absolute Gasteiger partial charge is 0.740 e. The second kappa shape index (κ2) is 1.81. The van der Waals surface area contributed by atoms with Crippen LogP contribution in [0.5, 0.6) is 0 Å². The van der Waals surface area contributed by atoms with Crippen molar-refractivity contribution in [2.24, 2.45) is 0 Å². The van der Waals surface area contributed by atoms with E-state index in [1.54, 1.807) is 6.07 Å². The van der Waals surface area contributed by atoms with Crippen LogP contribution < -0.4 is 16.2 Å². The number of rotatable bonds is 0. The molecular weight excluding hydrogens is 118 g/mol. The Morgan fingerprint density at radius 2 is 1.67 bits per heavy atom. The Morgan fingerprint density at radius 1 is 1.22 bits per heavy atom. The number of aromatic nitrogens is 1. The van der Waals surface area contributed by atoms with E-state index in [1.807, 2.05) is 0 Å². The van der Waals surface area contributed by atoms with Crippen LogP contribution in [-0.2, 0) is 0 Å². The van der Waals surface area contributed by atoms with Gasteiger partial charge >= 0.3 is 0 Å². The number of nitrogens with zero attached hydrogens (tertiary/aromatic N) is 1. The van der Waals surface area contributed by atoms with Crippen LogP contribution in [0.1, 0.15) is 0 Å². The van der Waals surface area contributed by atoms with E-state index in [0.717, 1.165) is 0 Å². The minimum absolute atomic E-state index is 0.120. The molecule has 0 amide bonds. The molecule has 4 nitrogen and oxygen atoms in total. The second-order valence-corrected chi connectivity index (χ2v) is 1.67. The highest BCUT2D eigenvalue weighted by molar-refractivity contribution is 5.29. The molecule has 1 aromatic heterocycles. The van der Waals surface area contributed by atoms with Crippen molar-refractivity contribution in [1.82, 2.24) is 0 Å². The molecular formula is C5H7N3O. The first-order valence-corrected chi connectivity index (χ1v) is 2.45. The van der Waals surface area contributed by atoms with Gasteiger partial charge in [-0.1, -0.05) is 0 Å². The summed E-state index contributed by atoms with van der Waals surface area (Å²) >= 11 is 0. The lowest BCUT2D eigenvalue weighted by Crippen LogP contribution is -2.33. The SMILES string of the molecule is Nc1cccc(N)[n+]1[O-]. The van der Waals surface area contributed by atoms with Gasteiger partial charge in [-0.2, -0.15) is 0 Å². The number of hydrogen-bond donors (Lipinski definition) is 2. The van der Waals surface area contributed by atoms with Crippen molar-refractivity contribution in [2.75, 3.05) is 11.5 Å². The van der Waals surface area contributed by atoms with Gasteiger partial charge in [-0.15, -0.1) is 0 Å². The third-order valence-electron chi connectivity index (χ3n) is 1.00. The summed E-state index contributed by atoms with van der Waals surface area (Å²) in [6, 6.07) is 4.60. The van der Waals surface area contributed by atoms with Gasteiger partial charge in [-0.3, -0.25) is 0 Å². The normalized spacial score (nSPS) is 9.33. The zero-order valence-corrected chi connectivity index (χ0v) is 4.74. The standard InChI is InChI=1S/C5H7N3O/c6-4-2-1-3-5(7)8(4)9/h1-3H,6-7H2. The second-order valence-electron chi connectivity index (χ2n) is 1.67. The molecule has 0 radical (unpaired) electrons. The molecule has 0 fully saturated rings. The lowest BCUT2D eigenvalue weighted by molar-refractivity contribution is -0.574. The quantitative estimate of drug-likeness (QED) is 0.362. The number of hydrogen-bond acceptors (Lipinski definition) is 3. The molecule has 1 heterocycles. The molecule has 0 aliphatic heterocycles. The molecule has 0 aliphatic rings. The highest BCUT2D eigenvalue weighted by Gasteiger charge is 1.94. The Morgan fingerprint density at radius 3 is 2.00 bits per heavy atom. The summed E-state index contributed by atoms with van der Waals surface area (Å²) in [5.41, 5.74) is 10.4. The molecule has 48 valence electrons. The molecule has 0 bridgehead atoms. The topological polar surface area (TPSA) is 79.0 Å². The highest BCUT2D eigenvalue weighted by atomic mass is 16.5. The number of anilines is 2. The smallest absolute Gasteiger partial charge is 0.219 e. The van der Waals surface area contributed by atoms with Crippen LogP contribution in [-0.4, -0.2) is 0 Å². The molecule has 9 heavy (non-hydrogen) atoms. The monoisotopic (exact) mass is 125 g/mol. The fourth-order valence-corrected chi connectivity index (χ4v) is 0.530. The maximum absolute atomic E-state index is 10.6. The van der Waals surface area contributed by atoms with Gasteiger partial charge in [0.25, 0.3) is 0 Å². The average Bonchev–Trinajstić information content (AvgIpc) is 1.83. The molecule has 1 aromatic rings. The van der Waals surface area contributed by atoms with E-state index >= 15 is 0 Å². The van der Waals surface area contributed by atoms with E-state index in [0.29, 0.717) is 4.73 Å². The van der Waals surface area contributed by atoms with Gasteiger partial charge in [0.1, 0.15) is 0 Å². The number of pyridine rings is 1. The van der Waals surface area contributed by atoms with Crippen molar-refractivity contribution in [3.63, 3.8) is 0 Å². The van der Waals surface area contributed by atoms with Gasteiger partial charge in [0.2, 0.25) is 11.6 Å². The van der Waals surface area contributed by atoms with Gasteiger partial charge < -0.3 is 16.7 Å². The summed E-state index contributed by atoms with van der Waals surface area (Å²) in [7, 11) is 0. The lowest BCUT2D eigenvalue weighted by atomic mass is 10.4. The molecule has 4 heteroatoms. The fraction of sp³-hybridized carbons (Fsp3) is 0. The zero-order chi connectivity index (χ0) is 6.85. The summed E-state index contributed by atoms with van der Waals surface area (Å²) in [5, 5.41) is 10.6. The van der Waals surface area contributed by atoms with E-state index in [1.165, 1.54) is 12.1 Å². The molecule has 0 aromatic carbocycles. The number of nitrogens with two attached hydrogens (primary N) is 2. The van der Waals surface area contributed by atoms with Crippen LogP contribution in [0.15, 0.2) is 18.2 Å². The minimum atomic E-state index is 0.120. The van der Waals surface area contributed by atoms with Crippen LogP contribution in [0.2, 0.25) is 0 Å². The van der Waals surface area contributed by atoms with Crippen molar-refractivity contribution in [3.05, 3.63) is 23.4 Å². The first-order valence-electron chi connectivity index (χ1n) is 2.45. The maximum atomic E-state index is 10.6. The fourth-order valence-electron chi connectivity index (χ4n) is 0.530. The highest BCUT2D eigenvalue weighted by Crippen LogP contribution is 1.96. The van der Waals surface area contributed by atoms with Crippen molar-refractivity contribution < 1.29 is 4.73 Å². The van der Waals surface area contributed by atoms with Crippen molar-refractivity contribution in [2.45, 2.75) is 0 Å². The van der Waals surface area contributed by atoms with Crippen LogP contribution in [0.25, 0.3) is 0 Å². The molecule has 0 aliphatic carbocycles. The van der Waals surface area contributed by atoms with Gasteiger partial charge in [-0.05, 0) is 6.07 Å².